The number of hydrogen-bond acceptors (Lipinski definition) is 5. The summed E-state index contributed by atoms with van der Waals surface area (Å²) in [5.74, 6) is -0.549. The first-order chi connectivity index (χ1) is 7.95. The van der Waals surface area contributed by atoms with Gasteiger partial charge in [0.15, 0.2) is 0 Å². The van der Waals surface area contributed by atoms with Gasteiger partial charge in [-0.05, 0) is 18.6 Å². The fourth-order valence-electron chi connectivity index (χ4n) is 1.07. The molecule has 8 heteroatoms. The first-order valence-corrected chi connectivity index (χ1v) is 7.43. The highest BCUT2D eigenvalue weighted by molar-refractivity contribution is 7.92. The Morgan fingerprint density at radius 3 is 2.76 bits per heavy atom. The molecule has 1 rings (SSSR count). The van der Waals surface area contributed by atoms with E-state index in [1.165, 1.54) is 19.2 Å². The van der Waals surface area contributed by atoms with Crippen molar-refractivity contribution in [1.82, 2.24) is 4.72 Å². The molecule has 0 saturated carbocycles. The Morgan fingerprint density at radius 2 is 2.24 bits per heavy atom. The summed E-state index contributed by atoms with van der Waals surface area (Å²) < 4.78 is 30.5. The molecule has 0 saturated heterocycles. The normalized spacial score (nSPS) is 11.4. The van der Waals surface area contributed by atoms with Crippen LogP contribution in [0.1, 0.15) is 12.8 Å². The van der Waals surface area contributed by atoms with Crippen molar-refractivity contribution < 1.29 is 17.9 Å². The number of sulfonamides is 1. The van der Waals surface area contributed by atoms with Crippen molar-refractivity contribution in [1.29, 1.82) is 0 Å². The summed E-state index contributed by atoms with van der Waals surface area (Å²) in [5.41, 5.74) is 0. The molecule has 1 heterocycles. The average molecular weight is 298 g/mol. The van der Waals surface area contributed by atoms with Gasteiger partial charge in [0.2, 0.25) is 5.91 Å². The summed E-state index contributed by atoms with van der Waals surface area (Å²) in [4.78, 5) is 11.3. The monoisotopic (exact) mass is 297 g/mol. The molecule has 0 spiro atoms. The lowest BCUT2D eigenvalue weighted by Crippen LogP contribution is -2.29. The van der Waals surface area contributed by atoms with Crippen LogP contribution in [0, 0.1) is 0 Å². The van der Waals surface area contributed by atoms with Crippen molar-refractivity contribution in [2.24, 2.45) is 0 Å². The van der Waals surface area contributed by atoms with Crippen molar-refractivity contribution >= 4 is 38.9 Å². The fourth-order valence-corrected chi connectivity index (χ4v) is 3.57. The lowest BCUT2D eigenvalue weighted by molar-refractivity contribution is -0.119. The quantitative estimate of drug-likeness (QED) is 0.810. The highest BCUT2D eigenvalue weighted by Crippen LogP contribution is 2.25. The second kappa shape index (κ2) is 6.34. The van der Waals surface area contributed by atoms with E-state index in [2.05, 4.69) is 0 Å². The molecule has 0 aliphatic heterocycles. The van der Waals surface area contributed by atoms with Crippen molar-refractivity contribution in [2.75, 3.05) is 13.7 Å². The van der Waals surface area contributed by atoms with Crippen LogP contribution in [0.4, 0.5) is 0 Å². The van der Waals surface area contributed by atoms with Gasteiger partial charge in [0.05, 0.1) is 4.34 Å². The number of carbonyl (C=O) groups is 1. The Morgan fingerprint density at radius 1 is 1.53 bits per heavy atom. The molecule has 0 fully saturated rings. The van der Waals surface area contributed by atoms with Gasteiger partial charge < -0.3 is 4.74 Å². The molecule has 1 aromatic heterocycles. The maximum absolute atomic E-state index is 11.7. The summed E-state index contributed by atoms with van der Waals surface area (Å²) >= 11 is 6.53. The van der Waals surface area contributed by atoms with Crippen LogP contribution in [-0.2, 0) is 19.6 Å². The predicted octanol–water partition coefficient (Wildman–Crippen LogP) is 1.63. The highest BCUT2D eigenvalue weighted by atomic mass is 35.5. The highest BCUT2D eigenvalue weighted by Gasteiger charge is 2.19. The summed E-state index contributed by atoms with van der Waals surface area (Å²) in [6.45, 7) is 0.415. The van der Waals surface area contributed by atoms with Crippen LogP contribution < -0.4 is 4.72 Å². The molecule has 0 aliphatic carbocycles. The van der Waals surface area contributed by atoms with Gasteiger partial charge in [-0.25, -0.2) is 13.1 Å². The zero-order valence-corrected chi connectivity index (χ0v) is 11.5. The molecule has 0 aliphatic rings. The maximum Gasteiger partial charge on any atom is 0.273 e. The molecular formula is C9H12ClNO4S2. The van der Waals surface area contributed by atoms with Crippen LogP contribution in [0.15, 0.2) is 16.3 Å². The van der Waals surface area contributed by atoms with E-state index in [1.807, 2.05) is 4.72 Å². The second-order valence-electron chi connectivity index (χ2n) is 3.18. The summed E-state index contributed by atoms with van der Waals surface area (Å²) in [6, 6.07) is 2.83. The van der Waals surface area contributed by atoms with E-state index in [9.17, 15) is 13.2 Å². The third-order valence-electron chi connectivity index (χ3n) is 1.81. The predicted molar refractivity (Wildman–Crippen MR) is 65.8 cm³/mol. The van der Waals surface area contributed by atoms with E-state index in [4.69, 9.17) is 16.3 Å². The van der Waals surface area contributed by atoms with Gasteiger partial charge in [0.1, 0.15) is 4.21 Å². The number of halogens is 1. The number of hydrogen-bond donors (Lipinski definition) is 1. The number of amides is 1. The fraction of sp³-hybridized carbons (Fsp3) is 0.444. The van der Waals surface area contributed by atoms with Crippen molar-refractivity contribution in [3.05, 3.63) is 16.5 Å². The van der Waals surface area contributed by atoms with E-state index in [0.29, 0.717) is 17.4 Å². The number of rotatable bonds is 6. The van der Waals surface area contributed by atoms with E-state index < -0.39 is 15.9 Å². The van der Waals surface area contributed by atoms with E-state index in [1.54, 1.807) is 0 Å². The van der Waals surface area contributed by atoms with Crippen LogP contribution in [0.3, 0.4) is 0 Å². The lowest BCUT2D eigenvalue weighted by atomic mass is 10.3. The Kier molecular flexibility index (Phi) is 5.38. The van der Waals surface area contributed by atoms with Crippen molar-refractivity contribution in [3.63, 3.8) is 0 Å². The summed E-state index contributed by atoms with van der Waals surface area (Å²) in [5, 5.41) is 0. The molecule has 0 atom stereocenters. The molecule has 17 heavy (non-hydrogen) atoms. The topological polar surface area (TPSA) is 72.5 Å². The molecule has 96 valence electrons. The van der Waals surface area contributed by atoms with Gasteiger partial charge >= 0.3 is 0 Å². The van der Waals surface area contributed by atoms with Crippen LogP contribution in [0.2, 0.25) is 4.34 Å². The van der Waals surface area contributed by atoms with Gasteiger partial charge in [-0.1, -0.05) is 11.6 Å². The number of carbonyl (C=O) groups excluding carboxylic acids is 1. The first kappa shape index (κ1) is 14.4. The minimum atomic E-state index is -3.78. The van der Waals surface area contributed by atoms with Gasteiger partial charge in [-0.15, -0.1) is 11.3 Å². The van der Waals surface area contributed by atoms with Gasteiger partial charge in [-0.2, -0.15) is 0 Å². The Balaban J connectivity index is 2.58. The van der Waals surface area contributed by atoms with Crippen molar-refractivity contribution in [3.8, 4) is 0 Å². The van der Waals surface area contributed by atoms with Crippen LogP contribution >= 0.6 is 22.9 Å². The molecular weight excluding hydrogens is 286 g/mol. The SMILES string of the molecule is COCCCC(=O)NS(=O)(=O)c1ccc(Cl)s1. The molecule has 5 nitrogen and oxygen atoms in total. The number of methoxy groups -OCH3 is 1. The zero-order chi connectivity index (χ0) is 12.9. The lowest BCUT2D eigenvalue weighted by Gasteiger charge is -2.04. The Bertz CT molecular complexity index is 483. The minimum absolute atomic E-state index is 0.0302. The largest absolute Gasteiger partial charge is 0.385 e. The molecule has 1 N–H and O–H groups in total. The third-order valence-corrected chi connectivity index (χ3v) is 4.91. The number of ether oxygens (including phenoxy) is 1. The maximum atomic E-state index is 11.7. The van der Waals surface area contributed by atoms with Gasteiger partial charge in [0.25, 0.3) is 10.0 Å². The number of thiophene rings is 1. The van der Waals surface area contributed by atoms with E-state index in [-0.39, 0.29) is 10.6 Å². The molecule has 0 bridgehead atoms. The number of nitrogens with one attached hydrogen (secondary N) is 1. The van der Waals surface area contributed by atoms with Crippen LogP contribution in [0.5, 0.6) is 0 Å². The standard InChI is InChI=1S/C9H12ClNO4S2/c1-15-6-2-3-8(12)11-17(13,14)9-5-4-7(10)16-9/h4-5H,2-3,6H2,1H3,(H,11,12). The third kappa shape index (κ3) is 4.63. The smallest absolute Gasteiger partial charge is 0.273 e. The Labute approximate surface area is 109 Å². The zero-order valence-electron chi connectivity index (χ0n) is 9.10. The molecule has 0 aromatic carbocycles. The van der Waals surface area contributed by atoms with E-state index >= 15 is 0 Å². The molecule has 0 unspecified atom stereocenters. The Hall–Kier alpha value is -0.630. The van der Waals surface area contributed by atoms with Gasteiger partial charge in [0, 0.05) is 20.1 Å². The van der Waals surface area contributed by atoms with Crippen LogP contribution in [-0.4, -0.2) is 28.0 Å². The average Bonchev–Trinajstić information content (AvgIpc) is 2.65. The minimum Gasteiger partial charge on any atom is -0.385 e. The summed E-state index contributed by atoms with van der Waals surface area (Å²) in [6.07, 6.45) is 0.579. The van der Waals surface area contributed by atoms with Crippen LogP contribution in [0.25, 0.3) is 0 Å². The summed E-state index contributed by atoms with van der Waals surface area (Å²) in [7, 11) is -2.27. The molecule has 0 radical (unpaired) electrons. The van der Waals surface area contributed by atoms with Gasteiger partial charge in [-0.3, -0.25) is 4.79 Å². The molecule has 1 aromatic rings. The van der Waals surface area contributed by atoms with Crippen molar-refractivity contribution in [2.45, 2.75) is 17.1 Å². The first-order valence-electron chi connectivity index (χ1n) is 4.75. The van der Waals surface area contributed by atoms with E-state index in [0.717, 1.165) is 11.3 Å². The second-order valence-corrected chi connectivity index (χ2v) is 6.81. The molecule has 1 amide bonds.